The van der Waals surface area contributed by atoms with Crippen LogP contribution in [0.5, 0.6) is 0 Å². The highest BCUT2D eigenvalue weighted by atomic mass is 19.4. The number of benzene rings is 1. The summed E-state index contributed by atoms with van der Waals surface area (Å²) in [5.74, 6) is -0.549. The van der Waals surface area contributed by atoms with Crippen LogP contribution in [-0.4, -0.2) is 23.0 Å². The van der Waals surface area contributed by atoms with Crippen molar-refractivity contribution in [1.29, 1.82) is 0 Å². The second kappa shape index (κ2) is 5.67. The Kier molecular flexibility index (Phi) is 3.79. The van der Waals surface area contributed by atoms with Gasteiger partial charge in [-0.1, -0.05) is 12.1 Å². The first kappa shape index (κ1) is 16.0. The van der Waals surface area contributed by atoms with Gasteiger partial charge >= 0.3 is 12.1 Å². The molecule has 0 bridgehead atoms. The average molecular weight is 334 g/mol. The molecule has 3 aromatic rings. The topological polar surface area (TPSA) is 55.0 Å². The Bertz CT molecular complexity index is 929. The third-order valence-corrected chi connectivity index (χ3v) is 3.70. The summed E-state index contributed by atoms with van der Waals surface area (Å²) >= 11 is 0. The van der Waals surface area contributed by atoms with Crippen LogP contribution in [0, 0.1) is 6.92 Å². The van der Waals surface area contributed by atoms with Gasteiger partial charge in [0.05, 0.1) is 23.9 Å². The van der Waals surface area contributed by atoms with E-state index < -0.39 is 17.7 Å². The maximum atomic E-state index is 12.9. The second-order valence-electron chi connectivity index (χ2n) is 5.29. The van der Waals surface area contributed by atoms with Crippen LogP contribution in [-0.2, 0) is 10.9 Å². The van der Waals surface area contributed by atoms with Crippen LogP contribution in [0.2, 0.25) is 0 Å². The van der Waals surface area contributed by atoms with E-state index in [0.717, 1.165) is 12.1 Å². The molecule has 0 fully saturated rings. The monoisotopic (exact) mass is 334 g/mol. The van der Waals surface area contributed by atoms with Crippen molar-refractivity contribution in [2.24, 2.45) is 0 Å². The standard InChI is InChI=1S/C17H13F3N2O2/c1-9-14(16(23)24-2)15-13(21-9)7-6-12(22-15)10-4-3-5-11(8-10)17(18,19)20/h3-8,21H,1-2H3. The van der Waals surface area contributed by atoms with Gasteiger partial charge in [0.1, 0.15) is 11.1 Å². The fraction of sp³-hybridized carbons (Fsp3) is 0.176. The van der Waals surface area contributed by atoms with E-state index in [1.54, 1.807) is 25.1 Å². The Balaban J connectivity index is 2.16. The molecule has 0 unspecified atom stereocenters. The Morgan fingerprint density at radius 3 is 2.62 bits per heavy atom. The molecule has 2 heterocycles. The fourth-order valence-electron chi connectivity index (χ4n) is 2.56. The second-order valence-corrected chi connectivity index (χ2v) is 5.29. The molecule has 4 nitrogen and oxygen atoms in total. The third-order valence-electron chi connectivity index (χ3n) is 3.70. The molecule has 0 atom stereocenters. The summed E-state index contributed by atoms with van der Waals surface area (Å²) < 4.78 is 43.4. The van der Waals surface area contributed by atoms with Gasteiger partial charge in [-0.3, -0.25) is 0 Å². The lowest BCUT2D eigenvalue weighted by molar-refractivity contribution is -0.137. The lowest BCUT2D eigenvalue weighted by Gasteiger charge is -2.08. The van der Waals surface area contributed by atoms with Gasteiger partial charge in [-0.2, -0.15) is 13.2 Å². The number of carbonyl (C=O) groups is 1. The number of alkyl halides is 3. The number of hydrogen-bond donors (Lipinski definition) is 1. The minimum atomic E-state index is -4.43. The van der Waals surface area contributed by atoms with Crippen LogP contribution in [0.3, 0.4) is 0 Å². The minimum Gasteiger partial charge on any atom is -0.465 e. The largest absolute Gasteiger partial charge is 0.465 e. The van der Waals surface area contributed by atoms with Crippen molar-refractivity contribution in [3.05, 3.63) is 53.2 Å². The normalized spacial score (nSPS) is 11.7. The predicted octanol–water partition coefficient (Wildman–Crippen LogP) is 4.34. The molecule has 0 aliphatic heterocycles. The maximum Gasteiger partial charge on any atom is 0.416 e. The molecule has 0 saturated carbocycles. The van der Waals surface area contributed by atoms with Crippen LogP contribution >= 0.6 is 0 Å². The maximum absolute atomic E-state index is 12.9. The molecule has 2 aromatic heterocycles. The number of aromatic nitrogens is 2. The van der Waals surface area contributed by atoms with Crippen molar-refractivity contribution in [1.82, 2.24) is 9.97 Å². The van der Waals surface area contributed by atoms with Crippen LogP contribution in [0.15, 0.2) is 36.4 Å². The van der Waals surface area contributed by atoms with Gasteiger partial charge in [-0.05, 0) is 31.2 Å². The van der Waals surface area contributed by atoms with E-state index >= 15 is 0 Å². The summed E-state index contributed by atoms with van der Waals surface area (Å²) in [7, 11) is 1.26. The third kappa shape index (κ3) is 2.73. The number of H-pyrrole nitrogens is 1. The first-order valence-electron chi connectivity index (χ1n) is 7.06. The lowest BCUT2D eigenvalue weighted by atomic mass is 10.1. The summed E-state index contributed by atoms with van der Waals surface area (Å²) in [5, 5.41) is 0. The number of hydrogen-bond acceptors (Lipinski definition) is 3. The van der Waals surface area contributed by atoms with Crippen molar-refractivity contribution in [2.75, 3.05) is 7.11 Å². The molecule has 0 amide bonds. The number of carbonyl (C=O) groups excluding carboxylic acids is 1. The number of fused-ring (bicyclic) bond motifs is 1. The quantitative estimate of drug-likeness (QED) is 0.709. The molecule has 124 valence electrons. The lowest BCUT2D eigenvalue weighted by Crippen LogP contribution is -2.05. The Hall–Kier alpha value is -2.83. The van der Waals surface area contributed by atoms with Crippen LogP contribution in [0.4, 0.5) is 13.2 Å². The number of nitrogens with zero attached hydrogens (tertiary/aromatic N) is 1. The summed E-state index contributed by atoms with van der Waals surface area (Å²) in [4.78, 5) is 19.3. The van der Waals surface area contributed by atoms with Crippen molar-refractivity contribution in [3.8, 4) is 11.3 Å². The zero-order valence-corrected chi connectivity index (χ0v) is 12.9. The molecule has 0 saturated heterocycles. The average Bonchev–Trinajstić information content (AvgIpc) is 2.88. The first-order chi connectivity index (χ1) is 11.3. The van der Waals surface area contributed by atoms with Gasteiger partial charge in [0, 0.05) is 11.3 Å². The minimum absolute atomic E-state index is 0.279. The highest BCUT2D eigenvalue weighted by Crippen LogP contribution is 2.32. The number of pyridine rings is 1. The van der Waals surface area contributed by atoms with Crippen molar-refractivity contribution in [3.63, 3.8) is 0 Å². The Morgan fingerprint density at radius 2 is 1.96 bits per heavy atom. The van der Waals surface area contributed by atoms with Crippen molar-refractivity contribution < 1.29 is 22.7 Å². The fourth-order valence-corrected chi connectivity index (χ4v) is 2.56. The highest BCUT2D eigenvalue weighted by Gasteiger charge is 2.30. The van der Waals surface area contributed by atoms with Gasteiger partial charge in [-0.25, -0.2) is 9.78 Å². The first-order valence-corrected chi connectivity index (χ1v) is 7.06. The number of halogens is 3. The van der Waals surface area contributed by atoms with Gasteiger partial charge in [0.25, 0.3) is 0 Å². The Morgan fingerprint density at radius 1 is 1.21 bits per heavy atom. The van der Waals surface area contributed by atoms with Crippen molar-refractivity contribution in [2.45, 2.75) is 13.1 Å². The number of aryl methyl sites for hydroxylation is 1. The van der Waals surface area contributed by atoms with E-state index in [0.29, 0.717) is 28.0 Å². The highest BCUT2D eigenvalue weighted by molar-refractivity contribution is 6.04. The van der Waals surface area contributed by atoms with Gasteiger partial charge in [0.2, 0.25) is 0 Å². The van der Waals surface area contributed by atoms with E-state index in [4.69, 9.17) is 4.74 Å². The van der Waals surface area contributed by atoms with E-state index in [9.17, 15) is 18.0 Å². The van der Waals surface area contributed by atoms with Gasteiger partial charge in [-0.15, -0.1) is 0 Å². The van der Waals surface area contributed by atoms with E-state index in [1.165, 1.54) is 13.2 Å². The van der Waals surface area contributed by atoms with Gasteiger partial charge in [0.15, 0.2) is 0 Å². The number of esters is 1. The summed E-state index contributed by atoms with van der Waals surface area (Å²) in [5.41, 5.74) is 1.77. The van der Waals surface area contributed by atoms with E-state index in [1.807, 2.05) is 0 Å². The number of aromatic amines is 1. The predicted molar refractivity (Wildman–Crippen MR) is 82.6 cm³/mol. The molecule has 1 N–H and O–H groups in total. The van der Waals surface area contributed by atoms with E-state index in [-0.39, 0.29) is 5.56 Å². The zero-order chi connectivity index (χ0) is 17.5. The summed E-state index contributed by atoms with van der Waals surface area (Å²) in [6, 6.07) is 8.19. The smallest absolute Gasteiger partial charge is 0.416 e. The van der Waals surface area contributed by atoms with Crippen LogP contribution in [0.25, 0.3) is 22.3 Å². The number of nitrogens with one attached hydrogen (secondary N) is 1. The molecular weight excluding hydrogens is 321 g/mol. The molecule has 0 spiro atoms. The van der Waals surface area contributed by atoms with E-state index in [2.05, 4.69) is 9.97 Å². The molecule has 0 radical (unpaired) electrons. The van der Waals surface area contributed by atoms with Crippen LogP contribution < -0.4 is 0 Å². The molecule has 3 rings (SSSR count). The molecule has 1 aromatic carbocycles. The van der Waals surface area contributed by atoms with Gasteiger partial charge < -0.3 is 9.72 Å². The Labute approximate surface area is 135 Å². The van der Waals surface area contributed by atoms with Crippen LogP contribution in [0.1, 0.15) is 21.6 Å². The summed E-state index contributed by atoms with van der Waals surface area (Å²) in [6.07, 6.45) is -4.43. The number of methoxy groups -OCH3 is 1. The zero-order valence-electron chi connectivity index (χ0n) is 12.9. The number of rotatable bonds is 2. The molecule has 7 heteroatoms. The number of ether oxygens (including phenoxy) is 1. The SMILES string of the molecule is COC(=O)c1c(C)[nH]c2ccc(-c3cccc(C(F)(F)F)c3)nc12. The molecular formula is C17H13F3N2O2. The summed E-state index contributed by atoms with van der Waals surface area (Å²) in [6.45, 7) is 1.71. The molecule has 0 aliphatic rings. The molecule has 0 aliphatic carbocycles. The molecule has 24 heavy (non-hydrogen) atoms. The van der Waals surface area contributed by atoms with Crippen molar-refractivity contribution >= 4 is 17.0 Å².